The molecule has 0 unspecified atom stereocenters. The van der Waals surface area contributed by atoms with Gasteiger partial charge in [0, 0.05) is 3.57 Å². The van der Waals surface area contributed by atoms with Gasteiger partial charge in [-0.05, 0) is 41.1 Å². The van der Waals surface area contributed by atoms with Crippen LogP contribution in [0.5, 0.6) is 5.75 Å². The van der Waals surface area contributed by atoms with Crippen molar-refractivity contribution < 1.29 is 14.6 Å². The van der Waals surface area contributed by atoms with Gasteiger partial charge >= 0.3 is 5.97 Å². The first-order valence-corrected chi connectivity index (χ1v) is 5.74. The number of ether oxygens (including phenoxy) is 1. The molecule has 0 aromatic heterocycles. The number of carbonyl (C=O) groups excluding carboxylic acids is 1. The van der Waals surface area contributed by atoms with Crippen LogP contribution >= 0.6 is 22.6 Å². The van der Waals surface area contributed by atoms with Crippen molar-refractivity contribution in [1.82, 2.24) is 0 Å². The Morgan fingerprint density at radius 1 is 1.62 bits per heavy atom. The quantitative estimate of drug-likeness (QED) is 0.679. The largest absolute Gasteiger partial charge is 0.507 e. The number of phenols is 1. The lowest BCUT2D eigenvalue weighted by molar-refractivity contribution is -0.142. The molecule has 0 aliphatic rings. The normalized spacial score (nSPS) is 9.56. The van der Waals surface area contributed by atoms with Gasteiger partial charge in [-0.1, -0.05) is 6.07 Å². The summed E-state index contributed by atoms with van der Waals surface area (Å²) >= 11 is 1.94. The van der Waals surface area contributed by atoms with Gasteiger partial charge in [0.05, 0.1) is 13.0 Å². The molecule has 0 heterocycles. The molecule has 0 aliphatic carbocycles. The van der Waals surface area contributed by atoms with Crippen molar-refractivity contribution in [2.24, 2.45) is 0 Å². The fourth-order valence-corrected chi connectivity index (χ4v) is 1.99. The molecule has 5 heteroatoms. The summed E-state index contributed by atoms with van der Waals surface area (Å²) in [6, 6.07) is 4.93. The molecule has 0 radical (unpaired) electrons. The number of benzene rings is 1. The van der Waals surface area contributed by atoms with E-state index in [4.69, 9.17) is 10.00 Å². The second-order valence-corrected chi connectivity index (χ2v) is 4.11. The van der Waals surface area contributed by atoms with Crippen LogP contribution in [-0.4, -0.2) is 17.7 Å². The predicted octanol–water partition coefficient (Wildman–Crippen LogP) is 1.97. The Morgan fingerprint density at radius 3 is 2.88 bits per heavy atom. The molecule has 1 rings (SSSR count). The number of nitriles is 1. The maximum absolute atomic E-state index is 11.3. The van der Waals surface area contributed by atoms with Crippen LogP contribution in [0.15, 0.2) is 12.1 Å². The molecule has 0 atom stereocenters. The Bertz CT molecular complexity index is 451. The molecule has 1 aromatic carbocycles. The first-order valence-electron chi connectivity index (χ1n) is 4.66. The van der Waals surface area contributed by atoms with Crippen molar-refractivity contribution >= 4 is 28.6 Å². The Morgan fingerprint density at radius 2 is 2.31 bits per heavy atom. The van der Waals surface area contributed by atoms with Gasteiger partial charge < -0.3 is 9.84 Å². The monoisotopic (exact) mass is 331 g/mol. The smallest absolute Gasteiger partial charge is 0.310 e. The van der Waals surface area contributed by atoms with Crippen molar-refractivity contribution in [3.05, 3.63) is 26.8 Å². The van der Waals surface area contributed by atoms with E-state index >= 15 is 0 Å². The average molecular weight is 331 g/mol. The summed E-state index contributed by atoms with van der Waals surface area (Å²) < 4.78 is 5.41. The summed E-state index contributed by atoms with van der Waals surface area (Å²) in [6.07, 6.45) is 0.112. The zero-order valence-electron chi connectivity index (χ0n) is 8.66. The molecule has 16 heavy (non-hydrogen) atoms. The van der Waals surface area contributed by atoms with Gasteiger partial charge in [0.1, 0.15) is 17.4 Å². The number of halogens is 1. The molecule has 0 amide bonds. The Hall–Kier alpha value is -1.29. The first kappa shape index (κ1) is 12.8. The maximum atomic E-state index is 11.3. The number of esters is 1. The second-order valence-electron chi connectivity index (χ2n) is 3.03. The van der Waals surface area contributed by atoms with Gasteiger partial charge in [0.2, 0.25) is 0 Å². The van der Waals surface area contributed by atoms with E-state index in [9.17, 15) is 9.90 Å². The number of nitrogens with zero attached hydrogens (tertiary/aromatic N) is 1. The summed E-state index contributed by atoms with van der Waals surface area (Å²) in [7, 11) is 0. The van der Waals surface area contributed by atoms with E-state index in [0.717, 1.165) is 0 Å². The number of carbonyl (C=O) groups is 1. The summed E-state index contributed by atoms with van der Waals surface area (Å²) in [5.41, 5.74) is 0.885. The highest BCUT2D eigenvalue weighted by molar-refractivity contribution is 14.1. The SMILES string of the molecule is CCOC(=O)Cc1ccc(O)c(C#N)c1I. The molecule has 1 aromatic rings. The average Bonchev–Trinajstić information content (AvgIpc) is 2.23. The highest BCUT2D eigenvalue weighted by atomic mass is 127. The van der Waals surface area contributed by atoms with Crippen LogP contribution in [-0.2, 0) is 16.0 Å². The Balaban J connectivity index is 2.99. The molecular formula is C11H10INO3. The molecule has 1 N–H and O–H groups in total. The molecule has 0 saturated heterocycles. The Labute approximate surface area is 107 Å². The van der Waals surface area contributed by atoms with Crippen LogP contribution in [0.25, 0.3) is 0 Å². The molecule has 0 bridgehead atoms. The molecule has 0 aliphatic heterocycles. The summed E-state index contributed by atoms with van der Waals surface area (Å²) in [4.78, 5) is 11.3. The maximum Gasteiger partial charge on any atom is 0.310 e. The first-order chi connectivity index (χ1) is 7.60. The van der Waals surface area contributed by atoms with E-state index in [1.807, 2.05) is 28.7 Å². The lowest BCUT2D eigenvalue weighted by atomic mass is 10.1. The minimum Gasteiger partial charge on any atom is -0.507 e. The highest BCUT2D eigenvalue weighted by Gasteiger charge is 2.13. The van der Waals surface area contributed by atoms with Crippen LogP contribution in [0.3, 0.4) is 0 Å². The third-order valence-corrected chi connectivity index (χ3v) is 3.18. The van der Waals surface area contributed by atoms with E-state index in [0.29, 0.717) is 15.7 Å². The van der Waals surface area contributed by atoms with Crippen LogP contribution in [0, 0.1) is 14.9 Å². The Kier molecular flexibility index (Phi) is 4.55. The fourth-order valence-electron chi connectivity index (χ4n) is 1.22. The number of phenolic OH excluding ortho intramolecular Hbond substituents is 1. The van der Waals surface area contributed by atoms with Gasteiger partial charge in [0.25, 0.3) is 0 Å². The fraction of sp³-hybridized carbons (Fsp3) is 0.273. The van der Waals surface area contributed by atoms with Gasteiger partial charge in [0.15, 0.2) is 0 Å². The predicted molar refractivity (Wildman–Crippen MR) is 65.9 cm³/mol. The summed E-state index contributed by atoms with van der Waals surface area (Å²) in [5, 5.41) is 18.2. The van der Waals surface area contributed by atoms with E-state index in [1.165, 1.54) is 6.07 Å². The zero-order chi connectivity index (χ0) is 12.1. The second kappa shape index (κ2) is 5.70. The lowest BCUT2D eigenvalue weighted by Crippen LogP contribution is -2.09. The molecule has 4 nitrogen and oxygen atoms in total. The molecule has 0 fully saturated rings. The van der Waals surface area contributed by atoms with Crippen molar-refractivity contribution in [2.45, 2.75) is 13.3 Å². The lowest BCUT2D eigenvalue weighted by Gasteiger charge is -2.06. The number of rotatable bonds is 3. The van der Waals surface area contributed by atoms with Gasteiger partial charge in [-0.15, -0.1) is 0 Å². The van der Waals surface area contributed by atoms with Crippen LogP contribution in [0.1, 0.15) is 18.1 Å². The number of hydrogen-bond donors (Lipinski definition) is 1. The third-order valence-electron chi connectivity index (χ3n) is 1.95. The van der Waals surface area contributed by atoms with E-state index in [1.54, 1.807) is 13.0 Å². The topological polar surface area (TPSA) is 70.3 Å². The van der Waals surface area contributed by atoms with Crippen molar-refractivity contribution in [3.8, 4) is 11.8 Å². The summed E-state index contributed by atoms with van der Waals surface area (Å²) in [5.74, 6) is -0.408. The van der Waals surface area contributed by atoms with Crippen molar-refractivity contribution in [2.75, 3.05) is 6.61 Å². The van der Waals surface area contributed by atoms with E-state index < -0.39 is 0 Å². The van der Waals surface area contributed by atoms with E-state index in [2.05, 4.69) is 0 Å². The minimum atomic E-state index is -0.338. The van der Waals surface area contributed by atoms with E-state index in [-0.39, 0.29) is 23.7 Å². The van der Waals surface area contributed by atoms with Gasteiger partial charge in [-0.25, -0.2) is 0 Å². The molecule has 84 valence electrons. The van der Waals surface area contributed by atoms with Gasteiger partial charge in [-0.3, -0.25) is 4.79 Å². The van der Waals surface area contributed by atoms with Crippen molar-refractivity contribution in [1.29, 1.82) is 5.26 Å². The number of aromatic hydroxyl groups is 1. The van der Waals surface area contributed by atoms with Crippen molar-refractivity contribution in [3.63, 3.8) is 0 Å². The summed E-state index contributed by atoms with van der Waals surface area (Å²) in [6.45, 7) is 2.07. The highest BCUT2D eigenvalue weighted by Crippen LogP contribution is 2.25. The van der Waals surface area contributed by atoms with Crippen LogP contribution < -0.4 is 0 Å². The third kappa shape index (κ3) is 2.85. The molecule has 0 saturated carbocycles. The molecular weight excluding hydrogens is 321 g/mol. The van der Waals surface area contributed by atoms with Crippen LogP contribution in [0.4, 0.5) is 0 Å². The minimum absolute atomic E-state index is 0.0699. The van der Waals surface area contributed by atoms with Crippen LogP contribution in [0.2, 0.25) is 0 Å². The standard InChI is InChI=1S/C11H10INO3/c1-2-16-10(15)5-7-3-4-9(14)8(6-13)11(7)12/h3-4,14H,2,5H2,1H3. The molecule has 0 spiro atoms. The zero-order valence-corrected chi connectivity index (χ0v) is 10.8. The number of hydrogen-bond acceptors (Lipinski definition) is 4. The van der Waals surface area contributed by atoms with Gasteiger partial charge in [-0.2, -0.15) is 5.26 Å².